The fraction of sp³-hybridized carbons (Fsp3) is 0.611. The van der Waals surface area contributed by atoms with E-state index < -0.39 is 0 Å². The van der Waals surface area contributed by atoms with Gasteiger partial charge in [0.15, 0.2) is 0 Å². The molecule has 4 rings (SSSR count). The van der Waals surface area contributed by atoms with Crippen LogP contribution in [0.2, 0.25) is 0 Å². The number of rotatable bonds is 7. The lowest BCUT2D eigenvalue weighted by Gasteiger charge is -2.22. The molecule has 8 heteroatoms. The third-order valence-corrected chi connectivity index (χ3v) is 5.77. The Labute approximate surface area is 156 Å². The van der Waals surface area contributed by atoms with Crippen LogP contribution in [0.3, 0.4) is 0 Å². The monoisotopic (exact) mass is 375 g/mol. The molecule has 1 fully saturated rings. The highest BCUT2D eigenvalue weighted by Gasteiger charge is 2.32. The minimum absolute atomic E-state index is 0.00446. The van der Waals surface area contributed by atoms with E-state index in [-0.39, 0.29) is 11.7 Å². The zero-order valence-electron chi connectivity index (χ0n) is 14.9. The summed E-state index contributed by atoms with van der Waals surface area (Å²) in [6.45, 7) is 2.56. The van der Waals surface area contributed by atoms with Crippen molar-refractivity contribution in [2.45, 2.75) is 64.2 Å². The molecular formula is C18H25N5O2S. The van der Waals surface area contributed by atoms with Gasteiger partial charge in [-0.05, 0) is 54.5 Å². The first kappa shape index (κ1) is 17.3. The highest BCUT2D eigenvalue weighted by atomic mass is 32.1. The van der Waals surface area contributed by atoms with Crippen LogP contribution in [0.4, 0.5) is 4.79 Å². The quantitative estimate of drug-likeness (QED) is 0.754. The molecule has 3 heterocycles. The van der Waals surface area contributed by atoms with Crippen molar-refractivity contribution in [2.75, 3.05) is 6.54 Å². The molecule has 0 aromatic carbocycles. The average Bonchev–Trinajstić information content (AvgIpc) is 3.27. The lowest BCUT2D eigenvalue weighted by atomic mass is 10.2. The van der Waals surface area contributed by atoms with Gasteiger partial charge >= 0.3 is 11.7 Å². The molecule has 7 nitrogen and oxygen atoms in total. The van der Waals surface area contributed by atoms with Crippen LogP contribution in [0.25, 0.3) is 0 Å². The number of carbonyl (C=O) groups excluding carboxylic acids is 1. The lowest BCUT2D eigenvalue weighted by Crippen LogP contribution is -2.41. The van der Waals surface area contributed by atoms with Gasteiger partial charge in [0.05, 0.1) is 0 Å². The van der Waals surface area contributed by atoms with Crippen molar-refractivity contribution in [3.8, 4) is 0 Å². The average molecular weight is 375 g/mol. The molecule has 0 unspecified atom stereocenters. The van der Waals surface area contributed by atoms with E-state index in [1.54, 1.807) is 20.6 Å². The van der Waals surface area contributed by atoms with Crippen LogP contribution in [0.5, 0.6) is 0 Å². The van der Waals surface area contributed by atoms with Crippen molar-refractivity contribution in [1.29, 1.82) is 0 Å². The molecule has 1 N–H and O–H groups in total. The van der Waals surface area contributed by atoms with E-state index in [1.165, 1.54) is 5.56 Å². The van der Waals surface area contributed by atoms with Gasteiger partial charge in [-0.3, -0.25) is 4.57 Å². The summed E-state index contributed by atoms with van der Waals surface area (Å²) in [6, 6.07) is 2.44. The van der Waals surface area contributed by atoms with Gasteiger partial charge in [-0.25, -0.2) is 14.3 Å². The van der Waals surface area contributed by atoms with Crippen LogP contribution in [0.1, 0.15) is 43.5 Å². The number of aromatic nitrogens is 3. The summed E-state index contributed by atoms with van der Waals surface area (Å²) in [6.07, 6.45) is 5.93. The summed E-state index contributed by atoms with van der Waals surface area (Å²) in [4.78, 5) is 26.7. The first-order valence-electron chi connectivity index (χ1n) is 9.44. The number of fused-ring (bicyclic) bond motifs is 1. The number of thiophene rings is 1. The minimum atomic E-state index is -0.0110. The predicted molar refractivity (Wildman–Crippen MR) is 100 cm³/mol. The smallest absolute Gasteiger partial charge is 0.338 e. The molecule has 2 aromatic rings. The zero-order chi connectivity index (χ0) is 17.9. The highest BCUT2D eigenvalue weighted by molar-refractivity contribution is 7.07. The normalized spacial score (nSPS) is 16.3. The van der Waals surface area contributed by atoms with E-state index in [9.17, 15) is 9.59 Å². The number of hydrogen-bond acceptors (Lipinski definition) is 4. The Kier molecular flexibility index (Phi) is 5.10. The summed E-state index contributed by atoms with van der Waals surface area (Å²) >= 11 is 1.66. The van der Waals surface area contributed by atoms with Crippen LogP contribution in [-0.4, -0.2) is 37.9 Å². The molecule has 1 aliphatic carbocycles. The Morgan fingerprint density at radius 2 is 2.27 bits per heavy atom. The molecule has 0 radical (unpaired) electrons. The van der Waals surface area contributed by atoms with Gasteiger partial charge in [0.1, 0.15) is 5.82 Å². The van der Waals surface area contributed by atoms with Crippen molar-refractivity contribution >= 4 is 17.4 Å². The largest absolute Gasteiger partial charge is 0.345 e. The minimum Gasteiger partial charge on any atom is -0.338 e. The summed E-state index contributed by atoms with van der Waals surface area (Å²) in [7, 11) is 0. The Morgan fingerprint density at radius 3 is 3.00 bits per heavy atom. The molecule has 2 aromatic heterocycles. The molecular weight excluding hydrogens is 350 g/mol. The fourth-order valence-corrected chi connectivity index (χ4v) is 4.11. The van der Waals surface area contributed by atoms with Crippen molar-refractivity contribution in [2.24, 2.45) is 0 Å². The van der Waals surface area contributed by atoms with Crippen LogP contribution in [-0.2, 0) is 26.1 Å². The molecule has 0 bridgehead atoms. The molecule has 0 saturated heterocycles. The lowest BCUT2D eigenvalue weighted by molar-refractivity contribution is 0.191. The molecule has 1 aliphatic heterocycles. The first-order valence-corrected chi connectivity index (χ1v) is 10.4. The summed E-state index contributed by atoms with van der Waals surface area (Å²) in [5, 5.41) is 11.6. The van der Waals surface area contributed by atoms with E-state index in [2.05, 4.69) is 21.9 Å². The number of carbonyl (C=O) groups is 1. The maximum atomic E-state index is 12.5. The third-order valence-electron chi connectivity index (χ3n) is 5.04. The summed E-state index contributed by atoms with van der Waals surface area (Å²) < 4.78 is 3.34. The van der Waals surface area contributed by atoms with Crippen molar-refractivity contribution in [3.05, 3.63) is 38.7 Å². The first-order chi connectivity index (χ1) is 12.7. The maximum Gasteiger partial charge on any atom is 0.345 e. The number of hydrogen-bond donors (Lipinski definition) is 1. The molecule has 140 valence electrons. The molecule has 1 saturated carbocycles. The molecule has 26 heavy (non-hydrogen) atoms. The van der Waals surface area contributed by atoms with Crippen LogP contribution in [0, 0.1) is 0 Å². The Balaban J connectivity index is 1.27. The molecule has 2 amide bonds. The van der Waals surface area contributed by atoms with E-state index in [4.69, 9.17) is 0 Å². The number of nitrogens with zero attached hydrogens (tertiary/aromatic N) is 4. The number of amides is 2. The second-order valence-corrected chi connectivity index (χ2v) is 7.89. The maximum absolute atomic E-state index is 12.5. The van der Waals surface area contributed by atoms with Gasteiger partial charge in [0, 0.05) is 38.6 Å². The van der Waals surface area contributed by atoms with Gasteiger partial charge < -0.3 is 10.2 Å². The standard InChI is InChI=1S/C18H25N5O2S/c24-17(22(15-5-6-15)12-14-7-11-26-13-14)19-8-3-10-23-18(25)21-9-2-1-4-16(21)20-23/h7,11,13,15H,1-6,8-10,12H2,(H,19,24). The van der Waals surface area contributed by atoms with Crippen molar-refractivity contribution < 1.29 is 4.79 Å². The van der Waals surface area contributed by atoms with Gasteiger partial charge in [0.2, 0.25) is 0 Å². The summed E-state index contributed by atoms with van der Waals surface area (Å²) in [5.41, 5.74) is 1.18. The van der Waals surface area contributed by atoms with Crippen LogP contribution in [0.15, 0.2) is 21.6 Å². The number of nitrogens with one attached hydrogen (secondary N) is 1. The highest BCUT2D eigenvalue weighted by Crippen LogP contribution is 2.28. The van der Waals surface area contributed by atoms with Gasteiger partial charge in [-0.2, -0.15) is 16.4 Å². The third kappa shape index (κ3) is 3.85. The second kappa shape index (κ2) is 7.65. The number of aryl methyl sites for hydroxylation is 2. The second-order valence-electron chi connectivity index (χ2n) is 7.11. The SMILES string of the molecule is O=C(NCCCn1nc2n(c1=O)CCCC2)N(Cc1ccsc1)C1CC1. The van der Waals surface area contributed by atoms with Crippen molar-refractivity contribution in [3.63, 3.8) is 0 Å². The van der Waals surface area contributed by atoms with E-state index in [0.29, 0.717) is 32.1 Å². The zero-order valence-corrected chi connectivity index (χ0v) is 15.7. The van der Waals surface area contributed by atoms with Gasteiger partial charge in [0.25, 0.3) is 0 Å². The predicted octanol–water partition coefficient (Wildman–Crippen LogP) is 2.21. The van der Waals surface area contributed by atoms with Crippen LogP contribution >= 0.6 is 11.3 Å². The molecule has 0 spiro atoms. The van der Waals surface area contributed by atoms with Gasteiger partial charge in [-0.15, -0.1) is 0 Å². The molecule has 2 aliphatic rings. The Hall–Kier alpha value is -2.09. The van der Waals surface area contributed by atoms with Gasteiger partial charge in [-0.1, -0.05) is 0 Å². The van der Waals surface area contributed by atoms with E-state index in [0.717, 1.165) is 44.5 Å². The topological polar surface area (TPSA) is 72.2 Å². The van der Waals surface area contributed by atoms with E-state index >= 15 is 0 Å². The number of urea groups is 1. The Bertz CT molecular complexity index is 806. The summed E-state index contributed by atoms with van der Waals surface area (Å²) in [5.74, 6) is 0.904. The Morgan fingerprint density at radius 1 is 1.38 bits per heavy atom. The van der Waals surface area contributed by atoms with Crippen LogP contribution < -0.4 is 11.0 Å². The fourth-order valence-electron chi connectivity index (χ4n) is 3.45. The molecule has 0 atom stereocenters. The van der Waals surface area contributed by atoms with Crippen molar-refractivity contribution in [1.82, 2.24) is 24.6 Å². The van der Waals surface area contributed by atoms with E-state index in [1.807, 2.05) is 10.3 Å².